The van der Waals surface area contributed by atoms with Gasteiger partial charge in [-0.1, -0.05) is 25.0 Å². The van der Waals surface area contributed by atoms with Crippen molar-refractivity contribution >= 4 is 37.3 Å². The number of amides is 1. The molecule has 0 saturated carbocycles. The number of carbonyl (C=O) groups excluding carboxylic acids is 1. The second kappa shape index (κ2) is 11.3. The fourth-order valence-electron chi connectivity index (χ4n) is 4.62. The maximum atomic E-state index is 13.2. The van der Waals surface area contributed by atoms with Crippen molar-refractivity contribution in [3.8, 4) is 0 Å². The van der Waals surface area contributed by atoms with E-state index in [-0.39, 0.29) is 15.4 Å². The van der Waals surface area contributed by atoms with E-state index in [2.05, 4.69) is 10.0 Å². The minimum atomic E-state index is -3.94. The van der Waals surface area contributed by atoms with Gasteiger partial charge in [0.2, 0.25) is 10.0 Å². The fraction of sp³-hybridized carbons (Fsp3) is 0.321. The Morgan fingerprint density at radius 2 is 1.34 bits per heavy atom. The number of benzene rings is 3. The van der Waals surface area contributed by atoms with E-state index < -0.39 is 26.0 Å². The van der Waals surface area contributed by atoms with Gasteiger partial charge in [0.25, 0.3) is 15.9 Å². The van der Waals surface area contributed by atoms with Gasteiger partial charge in [0, 0.05) is 30.0 Å². The first kappa shape index (κ1) is 27.8. The number of hydrogen-bond donors (Lipinski definition) is 2. The van der Waals surface area contributed by atoms with Gasteiger partial charge in [-0.3, -0.25) is 9.52 Å². The molecule has 2 N–H and O–H groups in total. The Labute approximate surface area is 225 Å². The van der Waals surface area contributed by atoms with Crippen LogP contribution in [0.5, 0.6) is 0 Å². The molecule has 0 spiro atoms. The summed E-state index contributed by atoms with van der Waals surface area (Å²) in [6.45, 7) is 6.46. The summed E-state index contributed by atoms with van der Waals surface area (Å²) in [5, 5.41) is 2.73. The van der Waals surface area contributed by atoms with Gasteiger partial charge in [-0.2, -0.15) is 4.31 Å². The molecular formula is C28H33N3O5S2. The van der Waals surface area contributed by atoms with Crippen LogP contribution in [0, 0.1) is 20.8 Å². The lowest BCUT2D eigenvalue weighted by atomic mass is 10.1. The molecule has 1 heterocycles. The molecule has 0 aromatic heterocycles. The Kier molecular flexibility index (Phi) is 8.25. The van der Waals surface area contributed by atoms with E-state index in [9.17, 15) is 21.6 Å². The lowest BCUT2D eigenvalue weighted by Crippen LogP contribution is -2.31. The molecular weight excluding hydrogens is 522 g/mol. The quantitative estimate of drug-likeness (QED) is 0.415. The molecule has 0 atom stereocenters. The van der Waals surface area contributed by atoms with Crippen LogP contribution >= 0.6 is 0 Å². The van der Waals surface area contributed by atoms with Crippen LogP contribution in [0.3, 0.4) is 0 Å². The van der Waals surface area contributed by atoms with Crippen molar-refractivity contribution in [2.24, 2.45) is 0 Å². The van der Waals surface area contributed by atoms with Gasteiger partial charge in [0.05, 0.1) is 9.79 Å². The van der Waals surface area contributed by atoms with Crippen molar-refractivity contribution in [3.63, 3.8) is 0 Å². The summed E-state index contributed by atoms with van der Waals surface area (Å²) < 4.78 is 56.4. The molecule has 202 valence electrons. The Bertz CT molecular complexity index is 1520. The maximum absolute atomic E-state index is 13.2. The molecule has 0 radical (unpaired) electrons. The van der Waals surface area contributed by atoms with Crippen LogP contribution < -0.4 is 10.0 Å². The SMILES string of the molecule is Cc1cc(C)cc(NS(=O)(=O)c2cc(C(=O)Nc3ccc(S(=O)(=O)N4CCCCCC4)cc3)ccc2C)c1. The second-order valence-corrected chi connectivity index (χ2v) is 13.3. The summed E-state index contributed by atoms with van der Waals surface area (Å²) in [5.74, 6) is -0.504. The largest absolute Gasteiger partial charge is 0.322 e. The van der Waals surface area contributed by atoms with Crippen LogP contribution in [0.25, 0.3) is 0 Å². The summed E-state index contributed by atoms with van der Waals surface area (Å²) >= 11 is 0. The molecule has 4 rings (SSSR count). The molecule has 0 bridgehead atoms. The highest BCUT2D eigenvalue weighted by Crippen LogP contribution is 2.24. The zero-order valence-electron chi connectivity index (χ0n) is 21.8. The zero-order valence-corrected chi connectivity index (χ0v) is 23.5. The predicted molar refractivity (Wildman–Crippen MR) is 150 cm³/mol. The average Bonchev–Trinajstić information content (AvgIpc) is 3.14. The highest BCUT2D eigenvalue weighted by atomic mass is 32.2. The molecule has 0 unspecified atom stereocenters. The van der Waals surface area contributed by atoms with Crippen LogP contribution in [-0.4, -0.2) is 40.1 Å². The first-order valence-corrected chi connectivity index (χ1v) is 15.5. The summed E-state index contributed by atoms with van der Waals surface area (Å²) in [6.07, 6.45) is 3.75. The van der Waals surface area contributed by atoms with Gasteiger partial charge in [-0.05, 0) is 98.8 Å². The molecule has 1 aliphatic rings. The van der Waals surface area contributed by atoms with Crippen molar-refractivity contribution in [2.45, 2.75) is 56.2 Å². The molecule has 8 nitrogen and oxygen atoms in total. The van der Waals surface area contributed by atoms with E-state index in [1.54, 1.807) is 31.2 Å². The summed E-state index contributed by atoms with van der Waals surface area (Å²) in [6, 6.07) is 16.0. The lowest BCUT2D eigenvalue weighted by molar-refractivity contribution is 0.102. The Hall–Kier alpha value is -3.21. The van der Waals surface area contributed by atoms with Gasteiger partial charge >= 0.3 is 0 Å². The standard InChI is InChI=1S/C28H33N3O5S2/c1-20-16-21(2)18-25(17-20)30-37(33,34)27-19-23(9-8-22(27)3)28(32)29-24-10-12-26(13-11-24)38(35,36)31-14-6-4-5-7-15-31/h8-13,16-19,30H,4-7,14-15H2,1-3H3,(H,29,32). The maximum Gasteiger partial charge on any atom is 0.262 e. The number of rotatable bonds is 7. The number of sulfonamides is 2. The molecule has 1 aliphatic heterocycles. The average molecular weight is 556 g/mol. The van der Waals surface area contributed by atoms with E-state index in [1.807, 2.05) is 19.9 Å². The number of carbonyl (C=O) groups is 1. The van der Waals surface area contributed by atoms with Gasteiger partial charge in [-0.15, -0.1) is 0 Å². The highest BCUT2D eigenvalue weighted by Gasteiger charge is 2.25. The fourth-order valence-corrected chi connectivity index (χ4v) is 7.45. The van der Waals surface area contributed by atoms with E-state index in [1.165, 1.54) is 34.6 Å². The predicted octanol–water partition coefficient (Wildman–Crippen LogP) is 5.23. The van der Waals surface area contributed by atoms with Gasteiger partial charge in [0.1, 0.15) is 0 Å². The van der Waals surface area contributed by atoms with Gasteiger partial charge in [-0.25, -0.2) is 16.8 Å². The van der Waals surface area contributed by atoms with Gasteiger partial charge < -0.3 is 5.32 Å². The van der Waals surface area contributed by atoms with Crippen LogP contribution in [0.4, 0.5) is 11.4 Å². The van der Waals surface area contributed by atoms with Crippen LogP contribution in [-0.2, 0) is 20.0 Å². The minimum Gasteiger partial charge on any atom is -0.322 e. The third-order valence-corrected chi connectivity index (χ3v) is 9.96. The van der Waals surface area contributed by atoms with Crippen molar-refractivity contribution in [1.29, 1.82) is 0 Å². The molecule has 1 saturated heterocycles. The lowest BCUT2D eigenvalue weighted by Gasteiger charge is -2.20. The number of aryl methyl sites for hydroxylation is 3. The van der Waals surface area contributed by atoms with E-state index in [0.717, 1.165) is 36.8 Å². The zero-order chi connectivity index (χ0) is 27.5. The normalized spacial score (nSPS) is 15.0. The summed E-state index contributed by atoms with van der Waals surface area (Å²) in [4.78, 5) is 13.1. The first-order valence-electron chi connectivity index (χ1n) is 12.6. The van der Waals surface area contributed by atoms with Crippen LogP contribution in [0.1, 0.15) is 52.7 Å². The Morgan fingerprint density at radius 3 is 1.95 bits per heavy atom. The molecule has 1 amide bonds. The minimum absolute atomic E-state index is 0.00296. The third kappa shape index (κ3) is 6.43. The monoisotopic (exact) mass is 555 g/mol. The van der Waals surface area contributed by atoms with Crippen molar-refractivity contribution in [3.05, 3.63) is 82.9 Å². The van der Waals surface area contributed by atoms with Gasteiger partial charge in [0.15, 0.2) is 0 Å². The number of hydrogen-bond acceptors (Lipinski definition) is 5. The Balaban J connectivity index is 1.51. The highest BCUT2D eigenvalue weighted by molar-refractivity contribution is 7.92. The van der Waals surface area contributed by atoms with Crippen molar-refractivity contribution < 1.29 is 21.6 Å². The van der Waals surface area contributed by atoms with Crippen LogP contribution in [0.2, 0.25) is 0 Å². The molecule has 3 aromatic rings. The van der Waals surface area contributed by atoms with E-state index >= 15 is 0 Å². The Morgan fingerprint density at radius 1 is 0.737 bits per heavy atom. The molecule has 10 heteroatoms. The second-order valence-electron chi connectivity index (χ2n) is 9.76. The topological polar surface area (TPSA) is 113 Å². The van der Waals surface area contributed by atoms with E-state index in [4.69, 9.17) is 0 Å². The molecule has 1 fully saturated rings. The number of nitrogens with one attached hydrogen (secondary N) is 2. The number of nitrogens with zero attached hydrogens (tertiary/aromatic N) is 1. The smallest absolute Gasteiger partial charge is 0.262 e. The molecule has 0 aliphatic carbocycles. The van der Waals surface area contributed by atoms with Crippen molar-refractivity contribution in [1.82, 2.24) is 4.31 Å². The van der Waals surface area contributed by atoms with Crippen LogP contribution in [0.15, 0.2) is 70.5 Å². The molecule has 38 heavy (non-hydrogen) atoms. The first-order chi connectivity index (χ1) is 18.0. The molecule has 3 aromatic carbocycles. The van der Waals surface area contributed by atoms with E-state index in [0.29, 0.717) is 30.0 Å². The summed E-state index contributed by atoms with van der Waals surface area (Å²) in [5.41, 5.74) is 3.38. The summed E-state index contributed by atoms with van der Waals surface area (Å²) in [7, 11) is -7.54. The van der Waals surface area contributed by atoms with Crippen molar-refractivity contribution in [2.75, 3.05) is 23.1 Å². The third-order valence-electron chi connectivity index (χ3n) is 6.53. The number of anilines is 2.